The van der Waals surface area contributed by atoms with Gasteiger partial charge in [-0.1, -0.05) is 0 Å². The smallest absolute Gasteiger partial charge is 0.271 e. The van der Waals surface area contributed by atoms with Crippen molar-refractivity contribution in [3.8, 4) is 0 Å². The van der Waals surface area contributed by atoms with Gasteiger partial charge in [0.25, 0.3) is 5.91 Å². The molecule has 8 nitrogen and oxygen atoms in total. The summed E-state index contributed by atoms with van der Waals surface area (Å²) in [4.78, 5) is 11.7. The number of carbonyl (C=O) groups excluding carboxylic acids is 1. The van der Waals surface area contributed by atoms with Gasteiger partial charge in [-0.3, -0.25) is 4.79 Å². The Labute approximate surface area is 111 Å². The molecule has 0 unspecified atom stereocenters. The molecule has 1 amide bonds. The van der Waals surface area contributed by atoms with Crippen molar-refractivity contribution in [2.45, 2.75) is 19.4 Å². The van der Waals surface area contributed by atoms with E-state index in [4.69, 9.17) is 5.73 Å². The molecule has 0 fully saturated rings. The molecule has 0 atom stereocenters. The van der Waals surface area contributed by atoms with Crippen LogP contribution in [0.5, 0.6) is 0 Å². The van der Waals surface area contributed by atoms with E-state index in [1.165, 1.54) is 12.1 Å². The van der Waals surface area contributed by atoms with Crippen LogP contribution < -0.4 is 15.8 Å². The highest BCUT2D eigenvalue weighted by Gasteiger charge is 2.23. The number of aromatic nitrogens is 2. The lowest BCUT2D eigenvalue weighted by atomic mass is 10.1. The number of sulfonamides is 1. The average molecular weight is 287 g/mol. The Bertz CT molecular complexity index is 553. The summed E-state index contributed by atoms with van der Waals surface area (Å²) in [5.41, 5.74) is 4.67. The number of nitrogens with zero attached hydrogens (tertiary/aromatic N) is 2. The van der Waals surface area contributed by atoms with Crippen molar-refractivity contribution in [1.29, 1.82) is 0 Å². The maximum Gasteiger partial charge on any atom is 0.271 e. The monoisotopic (exact) mass is 287 g/mol. The van der Waals surface area contributed by atoms with Gasteiger partial charge in [0.05, 0.1) is 6.26 Å². The predicted octanol–water partition coefficient (Wildman–Crippen LogP) is -0.884. The number of nitrogens with one attached hydrogen (secondary N) is 2. The lowest BCUT2D eigenvalue weighted by Crippen LogP contribution is -2.51. The average Bonchev–Trinajstić information content (AvgIpc) is 2.24. The zero-order chi connectivity index (χ0) is 14.7. The van der Waals surface area contributed by atoms with Gasteiger partial charge in [0.15, 0.2) is 5.69 Å². The zero-order valence-corrected chi connectivity index (χ0v) is 11.8. The van der Waals surface area contributed by atoms with Gasteiger partial charge >= 0.3 is 0 Å². The summed E-state index contributed by atoms with van der Waals surface area (Å²) < 4.78 is 24.7. The van der Waals surface area contributed by atoms with Crippen LogP contribution >= 0.6 is 0 Å². The van der Waals surface area contributed by atoms with Crippen LogP contribution in [0.2, 0.25) is 0 Å². The van der Waals surface area contributed by atoms with Crippen molar-refractivity contribution in [3.05, 3.63) is 17.8 Å². The highest BCUT2D eigenvalue weighted by atomic mass is 32.2. The third-order valence-corrected chi connectivity index (χ3v) is 2.99. The second-order valence-electron chi connectivity index (χ2n) is 4.78. The Hall–Kier alpha value is -1.74. The van der Waals surface area contributed by atoms with Gasteiger partial charge in [-0.05, 0) is 26.0 Å². The highest BCUT2D eigenvalue weighted by Crippen LogP contribution is 2.03. The minimum absolute atomic E-state index is 0.115. The van der Waals surface area contributed by atoms with Crippen molar-refractivity contribution in [2.24, 2.45) is 0 Å². The molecule has 1 rings (SSSR count). The van der Waals surface area contributed by atoms with E-state index >= 15 is 0 Å². The van der Waals surface area contributed by atoms with Crippen LogP contribution in [-0.4, -0.2) is 42.9 Å². The van der Waals surface area contributed by atoms with Gasteiger partial charge in [0, 0.05) is 12.1 Å². The van der Waals surface area contributed by atoms with Gasteiger partial charge < -0.3 is 11.1 Å². The van der Waals surface area contributed by atoms with E-state index in [-0.39, 0.29) is 18.1 Å². The lowest BCUT2D eigenvalue weighted by molar-refractivity contribution is 0.0938. The third-order valence-electron chi connectivity index (χ3n) is 2.07. The molecule has 0 saturated carbocycles. The van der Waals surface area contributed by atoms with Crippen LogP contribution in [-0.2, 0) is 10.0 Å². The maximum atomic E-state index is 11.7. The molecular formula is C10H17N5O3S. The number of amides is 1. The molecule has 0 aliphatic carbocycles. The van der Waals surface area contributed by atoms with E-state index in [2.05, 4.69) is 20.2 Å². The van der Waals surface area contributed by atoms with Crippen molar-refractivity contribution in [2.75, 3.05) is 18.5 Å². The number of anilines is 1. The van der Waals surface area contributed by atoms with Crippen LogP contribution in [0.3, 0.4) is 0 Å². The first-order chi connectivity index (χ1) is 8.59. The van der Waals surface area contributed by atoms with Crippen molar-refractivity contribution in [3.63, 3.8) is 0 Å². The topological polar surface area (TPSA) is 127 Å². The van der Waals surface area contributed by atoms with Crippen LogP contribution in [0.15, 0.2) is 12.1 Å². The van der Waals surface area contributed by atoms with Crippen molar-refractivity contribution in [1.82, 2.24) is 20.2 Å². The molecule has 1 aromatic rings. The molecule has 0 radical (unpaired) electrons. The Morgan fingerprint density at radius 1 is 1.37 bits per heavy atom. The molecule has 1 aromatic heterocycles. The molecule has 0 saturated heterocycles. The van der Waals surface area contributed by atoms with Crippen LogP contribution in [0, 0.1) is 0 Å². The number of nitrogens with two attached hydrogens (primary N) is 1. The second kappa shape index (κ2) is 5.49. The number of nitrogen functional groups attached to an aromatic ring is 1. The van der Waals surface area contributed by atoms with Crippen molar-refractivity contribution >= 4 is 21.7 Å². The van der Waals surface area contributed by atoms with Gasteiger partial charge in [-0.15, -0.1) is 10.2 Å². The minimum Gasteiger partial charge on any atom is -0.382 e. The molecule has 0 aliphatic rings. The third kappa shape index (κ3) is 5.62. The van der Waals surface area contributed by atoms with Crippen LogP contribution in [0.25, 0.3) is 0 Å². The number of rotatable bonds is 5. The summed E-state index contributed by atoms with van der Waals surface area (Å²) in [5, 5.41) is 9.76. The first-order valence-electron chi connectivity index (χ1n) is 5.45. The Morgan fingerprint density at radius 2 is 2.00 bits per heavy atom. The lowest BCUT2D eigenvalue weighted by Gasteiger charge is -2.25. The molecule has 19 heavy (non-hydrogen) atoms. The van der Waals surface area contributed by atoms with E-state index in [1.807, 2.05) is 0 Å². The van der Waals surface area contributed by atoms with Gasteiger partial charge in [0.1, 0.15) is 5.82 Å². The quantitative estimate of drug-likeness (QED) is 0.645. The molecule has 4 N–H and O–H groups in total. The fourth-order valence-corrected chi connectivity index (χ4v) is 2.47. The molecule has 0 aliphatic heterocycles. The maximum absolute atomic E-state index is 11.7. The predicted molar refractivity (Wildman–Crippen MR) is 70.8 cm³/mol. The Balaban J connectivity index is 2.61. The summed E-state index contributed by atoms with van der Waals surface area (Å²) in [6, 6.07) is 2.90. The highest BCUT2D eigenvalue weighted by molar-refractivity contribution is 7.88. The van der Waals surface area contributed by atoms with Crippen LogP contribution in [0.1, 0.15) is 24.3 Å². The van der Waals surface area contributed by atoms with Gasteiger partial charge in [-0.2, -0.15) is 0 Å². The standard InChI is InChI=1S/C10H17N5O3S/c1-10(2,15-19(3,17)18)6-12-9(16)7-4-5-8(11)14-13-7/h4-5,15H,6H2,1-3H3,(H2,11,14)(H,12,16). The summed E-state index contributed by atoms with van der Waals surface area (Å²) in [6.07, 6.45) is 1.06. The first kappa shape index (κ1) is 15.3. The van der Waals surface area contributed by atoms with E-state index in [9.17, 15) is 13.2 Å². The number of hydrogen-bond donors (Lipinski definition) is 3. The van der Waals surface area contributed by atoms with E-state index in [1.54, 1.807) is 13.8 Å². The van der Waals surface area contributed by atoms with Gasteiger partial charge in [-0.25, -0.2) is 13.1 Å². The summed E-state index contributed by atoms with van der Waals surface area (Å²) in [7, 11) is -3.35. The second-order valence-corrected chi connectivity index (χ2v) is 6.53. The normalized spacial score (nSPS) is 12.2. The molecule has 1 heterocycles. The molecule has 106 valence electrons. The fourth-order valence-electron chi connectivity index (χ4n) is 1.39. The molecule has 0 aromatic carbocycles. The summed E-state index contributed by atoms with van der Waals surface area (Å²) in [6.45, 7) is 3.43. The molecule has 9 heteroatoms. The molecule has 0 spiro atoms. The Morgan fingerprint density at radius 3 is 2.47 bits per heavy atom. The SMILES string of the molecule is CC(C)(CNC(=O)c1ccc(N)nn1)NS(C)(=O)=O. The molecule has 0 bridgehead atoms. The largest absolute Gasteiger partial charge is 0.382 e. The minimum atomic E-state index is -3.35. The summed E-state index contributed by atoms with van der Waals surface area (Å²) >= 11 is 0. The van der Waals surface area contributed by atoms with Crippen molar-refractivity contribution < 1.29 is 13.2 Å². The number of carbonyl (C=O) groups is 1. The zero-order valence-electron chi connectivity index (χ0n) is 11.0. The number of hydrogen-bond acceptors (Lipinski definition) is 6. The first-order valence-corrected chi connectivity index (χ1v) is 7.34. The van der Waals surface area contributed by atoms with E-state index in [0.717, 1.165) is 6.26 Å². The van der Waals surface area contributed by atoms with E-state index in [0.29, 0.717) is 0 Å². The molecular weight excluding hydrogens is 270 g/mol. The van der Waals surface area contributed by atoms with Gasteiger partial charge in [0.2, 0.25) is 10.0 Å². The Kier molecular flexibility index (Phi) is 4.43. The summed E-state index contributed by atoms with van der Waals surface area (Å²) in [5.74, 6) is -0.230. The van der Waals surface area contributed by atoms with E-state index < -0.39 is 21.5 Å². The fraction of sp³-hybridized carbons (Fsp3) is 0.500. The van der Waals surface area contributed by atoms with Crippen LogP contribution in [0.4, 0.5) is 5.82 Å².